The van der Waals surface area contributed by atoms with Crippen LogP contribution in [0.1, 0.15) is 52.0 Å². The van der Waals surface area contributed by atoms with Crippen molar-refractivity contribution in [1.29, 1.82) is 0 Å². The monoisotopic (exact) mass is 405 g/mol. The van der Waals surface area contributed by atoms with E-state index in [-0.39, 0.29) is 5.92 Å². The Labute approximate surface area is 183 Å². The van der Waals surface area contributed by atoms with Crippen molar-refractivity contribution in [2.75, 3.05) is 18.9 Å². The van der Waals surface area contributed by atoms with Gasteiger partial charge in [0, 0.05) is 30.9 Å². The van der Waals surface area contributed by atoms with Gasteiger partial charge in [-0.15, -0.1) is 6.58 Å². The summed E-state index contributed by atoms with van der Waals surface area (Å²) in [6.07, 6.45) is 8.42. The molecule has 30 heavy (non-hydrogen) atoms. The first-order valence-electron chi connectivity index (χ1n) is 11.1. The van der Waals surface area contributed by atoms with Crippen LogP contribution in [0.3, 0.4) is 0 Å². The normalized spacial score (nSPS) is 18.6. The van der Waals surface area contributed by atoms with Crippen LogP contribution in [-0.4, -0.2) is 13.6 Å². The van der Waals surface area contributed by atoms with Crippen LogP contribution in [0.25, 0.3) is 5.57 Å². The summed E-state index contributed by atoms with van der Waals surface area (Å²) in [6.45, 7) is 20.0. The molecule has 3 heteroatoms. The average molecular weight is 406 g/mol. The van der Waals surface area contributed by atoms with Crippen LogP contribution >= 0.6 is 0 Å². The van der Waals surface area contributed by atoms with E-state index in [1.54, 1.807) is 0 Å². The molecule has 1 aromatic rings. The van der Waals surface area contributed by atoms with Crippen LogP contribution in [0.15, 0.2) is 78.6 Å². The van der Waals surface area contributed by atoms with Crippen molar-refractivity contribution in [2.45, 2.75) is 46.5 Å². The highest BCUT2D eigenvalue weighted by Gasteiger charge is 2.31. The molecule has 0 heterocycles. The molecule has 2 atom stereocenters. The smallest absolute Gasteiger partial charge is 0.0370 e. The molecule has 0 fully saturated rings. The largest absolute Gasteiger partial charge is 0.388 e. The maximum atomic E-state index is 4.54. The van der Waals surface area contributed by atoms with E-state index in [9.17, 15) is 0 Å². The van der Waals surface area contributed by atoms with Crippen LogP contribution < -0.4 is 16.2 Å². The molecule has 0 aliphatic heterocycles. The minimum Gasteiger partial charge on any atom is -0.388 e. The molecule has 1 aromatic carbocycles. The van der Waals surface area contributed by atoms with E-state index in [2.05, 4.69) is 87.0 Å². The third-order valence-electron chi connectivity index (χ3n) is 6.13. The first-order valence-corrected chi connectivity index (χ1v) is 11.1. The summed E-state index contributed by atoms with van der Waals surface area (Å²) in [5, 5.41) is 3.19. The van der Waals surface area contributed by atoms with Crippen molar-refractivity contribution in [1.82, 2.24) is 10.9 Å². The van der Waals surface area contributed by atoms with Gasteiger partial charge in [0.05, 0.1) is 0 Å². The van der Waals surface area contributed by atoms with E-state index < -0.39 is 0 Å². The van der Waals surface area contributed by atoms with Crippen LogP contribution in [-0.2, 0) is 0 Å². The van der Waals surface area contributed by atoms with Gasteiger partial charge < -0.3 is 10.7 Å². The molecule has 3 nitrogen and oxygen atoms in total. The molecule has 1 aliphatic carbocycles. The quantitative estimate of drug-likeness (QED) is 0.208. The number of benzene rings is 1. The minimum absolute atomic E-state index is 0.286. The Hall–Kier alpha value is -2.52. The van der Waals surface area contributed by atoms with E-state index in [0.29, 0.717) is 5.92 Å². The lowest BCUT2D eigenvalue weighted by Gasteiger charge is -2.35. The number of hydrogen-bond donors (Lipinski definition) is 3. The lowest BCUT2D eigenvalue weighted by molar-refractivity contribution is 0.503. The highest BCUT2D eigenvalue weighted by atomic mass is 15.4. The molecular weight excluding hydrogens is 366 g/mol. The zero-order chi connectivity index (χ0) is 22.1. The number of allylic oxidation sites excluding steroid dienone is 6. The van der Waals surface area contributed by atoms with E-state index in [0.717, 1.165) is 43.6 Å². The van der Waals surface area contributed by atoms with E-state index >= 15 is 0 Å². The maximum Gasteiger partial charge on any atom is 0.0370 e. The van der Waals surface area contributed by atoms with Crippen LogP contribution in [0.2, 0.25) is 0 Å². The van der Waals surface area contributed by atoms with E-state index in [4.69, 9.17) is 0 Å². The van der Waals surface area contributed by atoms with Crippen molar-refractivity contribution in [3.63, 3.8) is 0 Å². The Bertz CT molecular complexity index is 811. The summed E-state index contributed by atoms with van der Waals surface area (Å²) < 4.78 is 0. The van der Waals surface area contributed by atoms with Gasteiger partial charge in [-0.05, 0) is 72.9 Å². The maximum absolute atomic E-state index is 4.54. The highest BCUT2D eigenvalue weighted by molar-refractivity contribution is 5.71. The molecule has 0 saturated heterocycles. The number of unbranched alkanes of at least 4 members (excludes halogenated alkanes) is 1. The molecule has 0 spiro atoms. The van der Waals surface area contributed by atoms with E-state index in [1.807, 2.05) is 13.1 Å². The highest BCUT2D eigenvalue weighted by Crippen LogP contribution is 2.42. The summed E-state index contributed by atoms with van der Waals surface area (Å²) in [6, 6.07) is 8.58. The number of anilines is 1. The van der Waals surface area contributed by atoms with Gasteiger partial charge in [0.2, 0.25) is 0 Å². The topological polar surface area (TPSA) is 36.1 Å². The summed E-state index contributed by atoms with van der Waals surface area (Å²) in [5.74, 6) is 0.719. The van der Waals surface area contributed by atoms with Crippen LogP contribution in [0.5, 0.6) is 0 Å². The van der Waals surface area contributed by atoms with Crippen molar-refractivity contribution in [3.05, 3.63) is 84.1 Å². The predicted octanol–water partition coefficient (Wildman–Crippen LogP) is 6.62. The molecular formula is C27H39N3. The van der Waals surface area contributed by atoms with Crippen molar-refractivity contribution >= 4 is 11.3 Å². The van der Waals surface area contributed by atoms with Crippen molar-refractivity contribution < 1.29 is 0 Å². The Morgan fingerprint density at radius 3 is 2.47 bits per heavy atom. The summed E-state index contributed by atoms with van der Waals surface area (Å²) in [4.78, 5) is 0. The Morgan fingerprint density at radius 2 is 1.87 bits per heavy atom. The lowest BCUT2D eigenvalue weighted by Crippen LogP contribution is -2.36. The van der Waals surface area contributed by atoms with Gasteiger partial charge >= 0.3 is 0 Å². The SMILES string of the molecule is C=CCCCC(=C)NNCC1=C(C)C=C(CC)C(C)C1C(=C)c1ccc(NC)cc1. The van der Waals surface area contributed by atoms with Gasteiger partial charge in [-0.3, -0.25) is 0 Å². The molecule has 1 aliphatic rings. The fraction of sp³-hybridized carbons (Fsp3) is 0.407. The second-order valence-corrected chi connectivity index (χ2v) is 8.16. The van der Waals surface area contributed by atoms with Gasteiger partial charge in [-0.1, -0.05) is 56.9 Å². The van der Waals surface area contributed by atoms with Gasteiger partial charge in [0.1, 0.15) is 0 Å². The molecule has 2 unspecified atom stereocenters. The third-order valence-corrected chi connectivity index (χ3v) is 6.13. The standard InChI is InChI=1S/C27H39N3/c1-8-10-11-12-20(4)30-29-18-26-19(3)17-23(9-2)21(5)27(26)22(6)24-13-15-25(28-7)16-14-24/h8,13-17,21,27-30H,1,4,6,9-12,18H2,2-3,5,7H3. The first kappa shape index (κ1) is 23.8. The molecule has 0 radical (unpaired) electrons. The van der Waals surface area contributed by atoms with Gasteiger partial charge in [-0.25, -0.2) is 5.43 Å². The number of hydrazine groups is 1. The molecule has 0 saturated carbocycles. The lowest BCUT2D eigenvalue weighted by atomic mass is 9.70. The fourth-order valence-corrected chi connectivity index (χ4v) is 4.27. The Morgan fingerprint density at radius 1 is 1.17 bits per heavy atom. The third kappa shape index (κ3) is 5.99. The van der Waals surface area contributed by atoms with Gasteiger partial charge in [0.25, 0.3) is 0 Å². The van der Waals surface area contributed by atoms with Crippen molar-refractivity contribution in [3.8, 4) is 0 Å². The molecule has 0 aromatic heterocycles. The Balaban J connectivity index is 2.18. The summed E-state index contributed by atoms with van der Waals surface area (Å²) in [7, 11) is 1.94. The van der Waals surface area contributed by atoms with Gasteiger partial charge in [0.15, 0.2) is 0 Å². The number of rotatable bonds is 12. The number of nitrogens with one attached hydrogen (secondary N) is 3. The first-order chi connectivity index (χ1) is 14.4. The van der Waals surface area contributed by atoms with Crippen LogP contribution in [0, 0.1) is 11.8 Å². The zero-order valence-electron chi connectivity index (χ0n) is 19.3. The summed E-state index contributed by atoms with van der Waals surface area (Å²) in [5.41, 5.74) is 15.5. The molecule has 162 valence electrons. The molecule has 2 rings (SSSR count). The zero-order valence-corrected chi connectivity index (χ0v) is 19.3. The van der Waals surface area contributed by atoms with Crippen molar-refractivity contribution in [2.24, 2.45) is 11.8 Å². The summed E-state index contributed by atoms with van der Waals surface area (Å²) >= 11 is 0. The molecule has 0 amide bonds. The van der Waals surface area contributed by atoms with Gasteiger partial charge in [-0.2, -0.15) is 0 Å². The molecule has 0 bridgehead atoms. The number of hydrogen-bond acceptors (Lipinski definition) is 3. The molecule has 3 N–H and O–H groups in total. The minimum atomic E-state index is 0.286. The second kappa shape index (κ2) is 11.6. The Kier molecular flexibility index (Phi) is 9.19. The van der Waals surface area contributed by atoms with Crippen LogP contribution in [0.4, 0.5) is 5.69 Å². The second-order valence-electron chi connectivity index (χ2n) is 8.16. The van der Waals surface area contributed by atoms with E-state index in [1.165, 1.54) is 27.9 Å². The fourth-order valence-electron chi connectivity index (χ4n) is 4.27. The predicted molar refractivity (Wildman–Crippen MR) is 133 cm³/mol. The average Bonchev–Trinajstić information content (AvgIpc) is 2.75.